The summed E-state index contributed by atoms with van der Waals surface area (Å²) in [7, 11) is -4.01. The number of carboxylic acid groups (broad SMARTS) is 1. The molecule has 0 saturated carbocycles. The lowest BCUT2D eigenvalue weighted by molar-refractivity contribution is 0.0693. The van der Waals surface area contributed by atoms with Crippen molar-refractivity contribution in [1.82, 2.24) is 0 Å². The van der Waals surface area contributed by atoms with Crippen molar-refractivity contribution in [2.45, 2.75) is 4.90 Å². The number of benzene rings is 2. The van der Waals surface area contributed by atoms with Gasteiger partial charge in [0.05, 0.1) is 16.3 Å². The lowest BCUT2D eigenvalue weighted by Crippen LogP contribution is -2.14. The van der Waals surface area contributed by atoms with Gasteiger partial charge in [0.2, 0.25) is 0 Å². The van der Waals surface area contributed by atoms with Crippen molar-refractivity contribution >= 4 is 27.4 Å². The number of nitrogens with two attached hydrogens (primary N) is 1. The number of aromatic carboxylic acids is 1. The molecule has 0 saturated heterocycles. The monoisotopic (exact) mass is 308 g/mol. The van der Waals surface area contributed by atoms with E-state index in [2.05, 4.69) is 4.72 Å². The molecule has 0 heterocycles. The normalized spacial score (nSPS) is 11.0. The van der Waals surface area contributed by atoms with Gasteiger partial charge >= 0.3 is 5.97 Å². The fraction of sp³-hybridized carbons (Fsp3) is 0. The summed E-state index contributed by atoms with van der Waals surface area (Å²) in [6, 6.07) is 9.24. The van der Waals surface area contributed by atoms with Crippen LogP contribution in [0.15, 0.2) is 47.4 Å². The molecule has 110 valence electrons. The molecular weight excluding hydrogens is 296 g/mol. The Hall–Kier alpha value is -2.74. The van der Waals surface area contributed by atoms with Crippen LogP contribution in [0.1, 0.15) is 10.4 Å². The third kappa shape index (κ3) is 3.06. The zero-order valence-corrected chi connectivity index (χ0v) is 11.5. The number of phenols is 1. The van der Waals surface area contributed by atoms with Crippen molar-refractivity contribution in [3.8, 4) is 5.75 Å². The van der Waals surface area contributed by atoms with E-state index in [4.69, 9.17) is 10.8 Å². The molecule has 2 aromatic rings. The minimum atomic E-state index is -4.01. The molecule has 0 spiro atoms. The summed E-state index contributed by atoms with van der Waals surface area (Å²) in [6.45, 7) is 0. The number of para-hydroxylation sites is 2. The lowest BCUT2D eigenvalue weighted by atomic mass is 10.2. The predicted molar refractivity (Wildman–Crippen MR) is 76.7 cm³/mol. The first kappa shape index (κ1) is 14.7. The van der Waals surface area contributed by atoms with Gasteiger partial charge in [-0.3, -0.25) is 4.72 Å². The Bertz CT molecular complexity index is 802. The van der Waals surface area contributed by atoms with Gasteiger partial charge in [-0.2, -0.15) is 0 Å². The van der Waals surface area contributed by atoms with Crippen LogP contribution in [-0.4, -0.2) is 24.6 Å². The van der Waals surface area contributed by atoms with Gasteiger partial charge in [0, 0.05) is 0 Å². The number of nitrogens with one attached hydrogen (secondary N) is 1. The Morgan fingerprint density at radius 3 is 2.43 bits per heavy atom. The number of aromatic hydroxyl groups is 1. The van der Waals surface area contributed by atoms with Crippen LogP contribution in [0.5, 0.6) is 5.75 Å². The third-order valence-corrected chi connectivity index (χ3v) is 4.08. The third-order valence-electron chi connectivity index (χ3n) is 2.71. The number of hydrogen-bond acceptors (Lipinski definition) is 5. The van der Waals surface area contributed by atoms with Gasteiger partial charge in [0.25, 0.3) is 10.0 Å². The van der Waals surface area contributed by atoms with Gasteiger partial charge < -0.3 is 15.9 Å². The van der Waals surface area contributed by atoms with Gasteiger partial charge in [-0.1, -0.05) is 12.1 Å². The van der Waals surface area contributed by atoms with E-state index in [1.54, 1.807) is 12.1 Å². The maximum absolute atomic E-state index is 12.2. The molecule has 8 heteroatoms. The molecule has 0 amide bonds. The van der Waals surface area contributed by atoms with Crippen molar-refractivity contribution in [2.75, 3.05) is 10.5 Å². The van der Waals surface area contributed by atoms with Crippen LogP contribution in [0, 0.1) is 0 Å². The van der Waals surface area contributed by atoms with E-state index in [0.717, 1.165) is 18.2 Å². The number of carbonyl (C=O) groups is 1. The average Bonchev–Trinajstić information content (AvgIpc) is 2.41. The Balaban J connectivity index is 2.43. The molecule has 0 radical (unpaired) electrons. The smallest absolute Gasteiger partial charge is 0.339 e. The fourth-order valence-corrected chi connectivity index (χ4v) is 2.76. The van der Waals surface area contributed by atoms with Gasteiger partial charge in [0.1, 0.15) is 11.3 Å². The lowest BCUT2D eigenvalue weighted by Gasteiger charge is -2.11. The average molecular weight is 308 g/mol. The van der Waals surface area contributed by atoms with Crippen molar-refractivity contribution in [3.63, 3.8) is 0 Å². The van der Waals surface area contributed by atoms with Crippen LogP contribution < -0.4 is 10.5 Å². The van der Waals surface area contributed by atoms with E-state index in [1.807, 2.05) is 0 Å². The van der Waals surface area contributed by atoms with Crippen molar-refractivity contribution in [3.05, 3.63) is 48.0 Å². The number of carboxylic acids is 1. The topological polar surface area (TPSA) is 130 Å². The molecular formula is C13H12N2O5S. The molecule has 5 N–H and O–H groups in total. The number of hydrogen-bond donors (Lipinski definition) is 4. The Kier molecular flexibility index (Phi) is 3.72. The maximum atomic E-state index is 12.2. The zero-order chi connectivity index (χ0) is 15.6. The Morgan fingerprint density at radius 1 is 1.14 bits per heavy atom. The Labute approximate surface area is 120 Å². The van der Waals surface area contributed by atoms with Crippen molar-refractivity contribution < 1.29 is 23.4 Å². The first-order valence-electron chi connectivity index (χ1n) is 5.75. The van der Waals surface area contributed by atoms with Gasteiger partial charge in [-0.05, 0) is 30.3 Å². The minimum absolute atomic E-state index is 0.183. The van der Waals surface area contributed by atoms with E-state index >= 15 is 0 Å². The quantitative estimate of drug-likeness (QED) is 0.633. The van der Waals surface area contributed by atoms with Crippen LogP contribution >= 0.6 is 0 Å². The molecule has 7 nitrogen and oxygen atoms in total. The van der Waals surface area contributed by atoms with Crippen LogP contribution in [-0.2, 0) is 10.0 Å². The standard InChI is InChI=1S/C13H12N2O5S/c14-10-3-1-2-4-11(10)15-21(19,20)8-5-6-12(16)9(7-8)13(17)18/h1-7,15-16H,14H2,(H,17,18). The highest BCUT2D eigenvalue weighted by atomic mass is 32.2. The summed E-state index contributed by atoms with van der Waals surface area (Å²) in [5, 5.41) is 18.3. The molecule has 0 aliphatic carbocycles. The summed E-state index contributed by atoms with van der Waals surface area (Å²) in [5.74, 6) is -1.94. The first-order valence-corrected chi connectivity index (χ1v) is 7.23. The van der Waals surface area contributed by atoms with Crippen LogP contribution in [0.4, 0.5) is 11.4 Å². The van der Waals surface area contributed by atoms with Gasteiger partial charge in [-0.25, -0.2) is 13.2 Å². The second kappa shape index (κ2) is 5.33. The van der Waals surface area contributed by atoms with Crippen LogP contribution in [0.2, 0.25) is 0 Å². The predicted octanol–water partition coefficient (Wildman–Crippen LogP) is 1.47. The number of sulfonamides is 1. The largest absolute Gasteiger partial charge is 0.507 e. The SMILES string of the molecule is Nc1ccccc1NS(=O)(=O)c1ccc(O)c(C(=O)O)c1. The number of anilines is 2. The number of rotatable bonds is 4. The Morgan fingerprint density at radius 2 is 1.81 bits per heavy atom. The van der Waals surface area contributed by atoms with Crippen LogP contribution in [0.3, 0.4) is 0 Å². The summed E-state index contributed by atoms with van der Waals surface area (Å²) in [5.41, 5.74) is 5.56. The summed E-state index contributed by atoms with van der Waals surface area (Å²) in [4.78, 5) is 10.6. The number of nitrogen functional groups attached to an aromatic ring is 1. The molecule has 0 aliphatic heterocycles. The molecule has 0 aromatic heterocycles. The molecule has 0 unspecified atom stereocenters. The molecule has 2 rings (SSSR count). The van der Waals surface area contributed by atoms with E-state index in [1.165, 1.54) is 12.1 Å². The molecule has 0 atom stereocenters. The van der Waals surface area contributed by atoms with Crippen LogP contribution in [0.25, 0.3) is 0 Å². The maximum Gasteiger partial charge on any atom is 0.339 e. The van der Waals surface area contributed by atoms with E-state index in [0.29, 0.717) is 0 Å². The van der Waals surface area contributed by atoms with E-state index < -0.39 is 27.3 Å². The van der Waals surface area contributed by atoms with E-state index in [9.17, 15) is 18.3 Å². The van der Waals surface area contributed by atoms with Gasteiger partial charge in [-0.15, -0.1) is 0 Å². The fourth-order valence-electron chi connectivity index (χ4n) is 1.65. The summed E-state index contributed by atoms with van der Waals surface area (Å²) in [6.07, 6.45) is 0. The highest BCUT2D eigenvalue weighted by Gasteiger charge is 2.19. The van der Waals surface area contributed by atoms with Gasteiger partial charge in [0.15, 0.2) is 0 Å². The zero-order valence-electron chi connectivity index (χ0n) is 10.6. The molecule has 0 aliphatic rings. The van der Waals surface area contributed by atoms with Crippen molar-refractivity contribution in [2.24, 2.45) is 0 Å². The molecule has 0 bridgehead atoms. The molecule has 2 aromatic carbocycles. The molecule has 21 heavy (non-hydrogen) atoms. The summed E-state index contributed by atoms with van der Waals surface area (Å²) < 4.78 is 26.7. The second-order valence-electron chi connectivity index (χ2n) is 4.18. The van der Waals surface area contributed by atoms with E-state index in [-0.39, 0.29) is 16.3 Å². The minimum Gasteiger partial charge on any atom is -0.507 e. The van der Waals surface area contributed by atoms with Crippen molar-refractivity contribution in [1.29, 1.82) is 0 Å². The first-order chi connectivity index (χ1) is 9.81. The second-order valence-corrected chi connectivity index (χ2v) is 5.86. The highest BCUT2D eigenvalue weighted by molar-refractivity contribution is 7.92. The summed E-state index contributed by atoms with van der Waals surface area (Å²) >= 11 is 0. The highest BCUT2D eigenvalue weighted by Crippen LogP contribution is 2.25. The molecule has 0 fully saturated rings.